The van der Waals surface area contributed by atoms with E-state index in [4.69, 9.17) is 9.84 Å². The molecule has 0 fully saturated rings. The summed E-state index contributed by atoms with van der Waals surface area (Å²) in [6.07, 6.45) is 1.77. The third-order valence-corrected chi connectivity index (χ3v) is 3.17. The summed E-state index contributed by atoms with van der Waals surface area (Å²) in [6.45, 7) is 0.428. The average molecular weight is 279 g/mol. The largest absolute Gasteiger partial charge is 0.489 e. The van der Waals surface area contributed by atoms with Crippen molar-refractivity contribution in [3.8, 4) is 5.75 Å². The van der Waals surface area contributed by atoms with Gasteiger partial charge < -0.3 is 9.84 Å². The zero-order valence-electron chi connectivity index (χ0n) is 11.2. The maximum atomic E-state index is 10.8. The van der Waals surface area contributed by atoms with Gasteiger partial charge in [0.25, 0.3) is 0 Å². The van der Waals surface area contributed by atoms with Crippen LogP contribution >= 0.6 is 0 Å². The van der Waals surface area contributed by atoms with Gasteiger partial charge in [0.2, 0.25) is 0 Å². The Hall–Kier alpha value is -2.88. The molecule has 3 aromatic rings. The lowest BCUT2D eigenvalue weighted by molar-refractivity contribution is 0.0697. The fraction of sp³-hybridized carbons (Fsp3) is 0.0588. The van der Waals surface area contributed by atoms with Crippen molar-refractivity contribution in [2.75, 3.05) is 0 Å². The summed E-state index contributed by atoms with van der Waals surface area (Å²) in [5.74, 6) is -0.296. The van der Waals surface area contributed by atoms with Gasteiger partial charge in [-0.1, -0.05) is 12.1 Å². The van der Waals surface area contributed by atoms with Crippen LogP contribution in [0.25, 0.3) is 10.9 Å². The summed E-state index contributed by atoms with van der Waals surface area (Å²) >= 11 is 0. The molecule has 0 bridgehead atoms. The van der Waals surface area contributed by atoms with Crippen LogP contribution < -0.4 is 4.74 Å². The first-order valence-electron chi connectivity index (χ1n) is 6.52. The maximum Gasteiger partial charge on any atom is 0.335 e. The van der Waals surface area contributed by atoms with Crippen molar-refractivity contribution in [2.45, 2.75) is 6.61 Å². The fourth-order valence-electron chi connectivity index (χ4n) is 2.08. The van der Waals surface area contributed by atoms with Crippen molar-refractivity contribution in [2.24, 2.45) is 0 Å². The van der Waals surface area contributed by atoms with Crippen molar-refractivity contribution in [3.05, 3.63) is 71.9 Å². The van der Waals surface area contributed by atoms with E-state index in [1.807, 2.05) is 30.3 Å². The SMILES string of the molecule is O=C(O)c1ccc(OCc2ccc3ncccc3c2)cc1. The second-order valence-electron chi connectivity index (χ2n) is 4.65. The standard InChI is InChI=1S/C17H13NO3/c19-17(20)13-4-6-15(7-5-13)21-11-12-3-8-16-14(10-12)2-1-9-18-16/h1-10H,11H2,(H,19,20). The van der Waals surface area contributed by atoms with E-state index in [1.165, 1.54) is 12.1 Å². The Balaban J connectivity index is 1.72. The third-order valence-electron chi connectivity index (χ3n) is 3.17. The van der Waals surface area contributed by atoms with Crippen LogP contribution in [-0.2, 0) is 6.61 Å². The number of benzene rings is 2. The second kappa shape index (κ2) is 5.63. The Kier molecular flexibility index (Phi) is 3.51. The maximum absolute atomic E-state index is 10.8. The van der Waals surface area contributed by atoms with E-state index in [0.29, 0.717) is 12.4 Å². The molecule has 0 aliphatic carbocycles. The number of pyridine rings is 1. The summed E-state index contributed by atoms with van der Waals surface area (Å²) in [7, 11) is 0. The number of carbonyl (C=O) groups is 1. The van der Waals surface area contributed by atoms with Crippen LogP contribution in [0.3, 0.4) is 0 Å². The van der Waals surface area contributed by atoms with Gasteiger partial charge in [0, 0.05) is 11.6 Å². The van der Waals surface area contributed by atoms with Crippen LogP contribution in [0.1, 0.15) is 15.9 Å². The number of rotatable bonds is 4. The molecule has 21 heavy (non-hydrogen) atoms. The molecule has 1 N–H and O–H groups in total. The number of carboxylic acids is 1. The molecule has 104 valence electrons. The van der Waals surface area contributed by atoms with Crippen molar-refractivity contribution in [3.63, 3.8) is 0 Å². The minimum absolute atomic E-state index is 0.249. The van der Waals surface area contributed by atoms with Gasteiger partial charge in [-0.2, -0.15) is 0 Å². The molecule has 4 nitrogen and oxygen atoms in total. The molecule has 0 saturated heterocycles. The van der Waals surface area contributed by atoms with Gasteiger partial charge in [0.1, 0.15) is 12.4 Å². The first-order chi connectivity index (χ1) is 10.2. The van der Waals surface area contributed by atoms with Gasteiger partial charge in [-0.05, 0) is 48.0 Å². The molecular weight excluding hydrogens is 266 g/mol. The van der Waals surface area contributed by atoms with Crippen LogP contribution in [0.15, 0.2) is 60.8 Å². The van der Waals surface area contributed by atoms with E-state index in [9.17, 15) is 4.79 Å². The van der Waals surface area contributed by atoms with E-state index >= 15 is 0 Å². The number of ether oxygens (including phenoxy) is 1. The summed E-state index contributed by atoms with van der Waals surface area (Å²) in [5, 5.41) is 9.91. The highest BCUT2D eigenvalue weighted by molar-refractivity contribution is 5.87. The van der Waals surface area contributed by atoms with Crippen LogP contribution in [-0.4, -0.2) is 16.1 Å². The number of hydrogen-bond acceptors (Lipinski definition) is 3. The van der Waals surface area contributed by atoms with Crippen LogP contribution in [0.4, 0.5) is 0 Å². The van der Waals surface area contributed by atoms with Crippen molar-refractivity contribution in [1.29, 1.82) is 0 Å². The first-order valence-corrected chi connectivity index (χ1v) is 6.52. The Bertz CT molecular complexity index is 781. The topological polar surface area (TPSA) is 59.4 Å². The minimum Gasteiger partial charge on any atom is -0.489 e. The predicted molar refractivity (Wildman–Crippen MR) is 79.5 cm³/mol. The molecule has 4 heteroatoms. The second-order valence-corrected chi connectivity index (χ2v) is 4.65. The minimum atomic E-state index is -0.941. The summed E-state index contributed by atoms with van der Waals surface area (Å²) in [5.41, 5.74) is 2.24. The average Bonchev–Trinajstić information content (AvgIpc) is 2.53. The summed E-state index contributed by atoms with van der Waals surface area (Å²) in [4.78, 5) is 15.0. The number of carboxylic acid groups (broad SMARTS) is 1. The highest BCUT2D eigenvalue weighted by Gasteiger charge is 2.03. The molecule has 2 aromatic carbocycles. The Morgan fingerprint density at radius 2 is 1.90 bits per heavy atom. The Labute approximate surface area is 121 Å². The Morgan fingerprint density at radius 1 is 1.10 bits per heavy atom. The number of aromatic nitrogens is 1. The molecule has 0 spiro atoms. The van der Waals surface area contributed by atoms with Crippen LogP contribution in [0.5, 0.6) is 5.75 Å². The lowest BCUT2D eigenvalue weighted by Gasteiger charge is -2.07. The van der Waals surface area contributed by atoms with E-state index in [-0.39, 0.29) is 5.56 Å². The van der Waals surface area contributed by atoms with Gasteiger partial charge in [0.15, 0.2) is 0 Å². The van der Waals surface area contributed by atoms with Crippen molar-refractivity contribution < 1.29 is 14.6 Å². The van der Waals surface area contributed by atoms with Crippen molar-refractivity contribution in [1.82, 2.24) is 4.98 Å². The Morgan fingerprint density at radius 3 is 2.67 bits per heavy atom. The van der Waals surface area contributed by atoms with Gasteiger partial charge >= 0.3 is 5.97 Å². The first kappa shape index (κ1) is 13.1. The molecule has 0 radical (unpaired) electrons. The van der Waals surface area contributed by atoms with Crippen molar-refractivity contribution >= 4 is 16.9 Å². The number of aromatic carboxylic acids is 1. The summed E-state index contributed by atoms with van der Waals surface area (Å²) in [6, 6.07) is 16.3. The smallest absolute Gasteiger partial charge is 0.335 e. The summed E-state index contributed by atoms with van der Waals surface area (Å²) < 4.78 is 5.66. The lowest BCUT2D eigenvalue weighted by atomic mass is 10.1. The predicted octanol–water partition coefficient (Wildman–Crippen LogP) is 3.51. The monoisotopic (exact) mass is 279 g/mol. The normalized spacial score (nSPS) is 10.5. The van der Waals surface area contributed by atoms with Gasteiger partial charge in [-0.3, -0.25) is 4.98 Å². The van der Waals surface area contributed by atoms with Gasteiger partial charge in [0.05, 0.1) is 11.1 Å². The highest BCUT2D eigenvalue weighted by Crippen LogP contribution is 2.17. The highest BCUT2D eigenvalue weighted by atomic mass is 16.5. The van der Waals surface area contributed by atoms with Crippen LogP contribution in [0.2, 0.25) is 0 Å². The fourth-order valence-corrected chi connectivity index (χ4v) is 2.08. The van der Waals surface area contributed by atoms with Crippen LogP contribution in [0, 0.1) is 0 Å². The molecule has 0 aliphatic rings. The molecule has 0 amide bonds. The lowest BCUT2D eigenvalue weighted by Crippen LogP contribution is -1.98. The van der Waals surface area contributed by atoms with E-state index in [2.05, 4.69) is 4.98 Å². The molecule has 0 unspecified atom stereocenters. The molecule has 1 aromatic heterocycles. The van der Waals surface area contributed by atoms with Gasteiger partial charge in [-0.25, -0.2) is 4.79 Å². The zero-order valence-corrected chi connectivity index (χ0v) is 11.2. The molecule has 3 rings (SSSR count). The van der Waals surface area contributed by atoms with E-state index in [0.717, 1.165) is 16.5 Å². The number of fused-ring (bicyclic) bond motifs is 1. The van der Waals surface area contributed by atoms with E-state index in [1.54, 1.807) is 18.3 Å². The zero-order chi connectivity index (χ0) is 14.7. The number of nitrogens with zero attached hydrogens (tertiary/aromatic N) is 1. The molecule has 0 saturated carbocycles. The van der Waals surface area contributed by atoms with Gasteiger partial charge in [-0.15, -0.1) is 0 Å². The third kappa shape index (κ3) is 3.00. The molecule has 0 atom stereocenters. The molecule has 0 aliphatic heterocycles. The molecule has 1 heterocycles. The molecular formula is C17H13NO3. The number of hydrogen-bond donors (Lipinski definition) is 1. The van der Waals surface area contributed by atoms with E-state index < -0.39 is 5.97 Å². The quantitative estimate of drug-likeness (QED) is 0.794.